The normalized spacial score (nSPS) is 11.3. The summed E-state index contributed by atoms with van der Waals surface area (Å²) in [5.41, 5.74) is 6.13. The highest BCUT2D eigenvalue weighted by Gasteiger charge is 2.11. The van der Waals surface area contributed by atoms with Crippen molar-refractivity contribution in [3.63, 3.8) is 0 Å². The van der Waals surface area contributed by atoms with Gasteiger partial charge in [-0.15, -0.1) is 0 Å². The van der Waals surface area contributed by atoms with Crippen molar-refractivity contribution in [1.29, 1.82) is 0 Å². The molecule has 0 saturated heterocycles. The molecule has 0 aliphatic heterocycles. The molecule has 1 aromatic rings. The van der Waals surface area contributed by atoms with E-state index < -0.39 is 10.0 Å². The van der Waals surface area contributed by atoms with E-state index >= 15 is 0 Å². The molecule has 0 amide bonds. The summed E-state index contributed by atoms with van der Waals surface area (Å²) < 4.78 is 24.8. The van der Waals surface area contributed by atoms with Crippen LogP contribution in [0.1, 0.15) is 6.92 Å². The maximum Gasteiger partial charge on any atom is 0.232 e. The zero-order valence-electron chi connectivity index (χ0n) is 7.62. The molecule has 1 aromatic carbocycles. The van der Waals surface area contributed by atoms with Crippen molar-refractivity contribution in [3.8, 4) is 0 Å². The Kier molecular flexibility index (Phi) is 3.23. The summed E-state index contributed by atoms with van der Waals surface area (Å²) in [4.78, 5) is 0. The van der Waals surface area contributed by atoms with E-state index in [1.54, 1.807) is 18.2 Å². The zero-order chi connectivity index (χ0) is 10.8. The Labute approximate surface area is 88.1 Å². The van der Waals surface area contributed by atoms with Gasteiger partial charge >= 0.3 is 0 Å². The van der Waals surface area contributed by atoms with Gasteiger partial charge in [-0.25, -0.2) is 8.42 Å². The summed E-state index contributed by atoms with van der Waals surface area (Å²) in [6.45, 7) is 1.54. The monoisotopic (exact) mass is 234 g/mol. The summed E-state index contributed by atoms with van der Waals surface area (Å²) >= 11 is 5.79. The predicted octanol–water partition coefficient (Wildman–Crippen LogP) is 1.68. The van der Waals surface area contributed by atoms with E-state index in [9.17, 15) is 8.42 Å². The van der Waals surface area contributed by atoms with E-state index in [0.717, 1.165) is 0 Å². The molecule has 0 radical (unpaired) electrons. The highest BCUT2D eigenvalue weighted by molar-refractivity contribution is 7.92. The Morgan fingerprint density at radius 1 is 1.50 bits per heavy atom. The first-order valence-corrected chi connectivity index (χ1v) is 6.04. The van der Waals surface area contributed by atoms with Crippen LogP contribution in [0.15, 0.2) is 18.2 Å². The Morgan fingerprint density at radius 3 is 2.64 bits per heavy atom. The lowest BCUT2D eigenvalue weighted by atomic mass is 10.3. The van der Waals surface area contributed by atoms with Crippen LogP contribution in [0.4, 0.5) is 11.4 Å². The van der Waals surface area contributed by atoms with E-state index in [1.807, 2.05) is 0 Å². The van der Waals surface area contributed by atoms with Gasteiger partial charge < -0.3 is 5.73 Å². The van der Waals surface area contributed by atoms with Crippen LogP contribution >= 0.6 is 11.6 Å². The highest BCUT2D eigenvalue weighted by Crippen LogP contribution is 2.28. The van der Waals surface area contributed by atoms with Gasteiger partial charge in [-0.2, -0.15) is 0 Å². The van der Waals surface area contributed by atoms with Gasteiger partial charge in [0.05, 0.1) is 22.2 Å². The molecule has 0 heterocycles. The molecule has 0 saturated carbocycles. The molecule has 0 fully saturated rings. The molecule has 14 heavy (non-hydrogen) atoms. The number of halogens is 1. The van der Waals surface area contributed by atoms with Crippen molar-refractivity contribution in [2.45, 2.75) is 6.92 Å². The first kappa shape index (κ1) is 11.1. The molecular formula is C8H11ClN2O2S. The summed E-state index contributed by atoms with van der Waals surface area (Å²) in [6.07, 6.45) is 0. The first-order valence-electron chi connectivity index (χ1n) is 4.00. The Hall–Kier alpha value is -0.940. The van der Waals surface area contributed by atoms with Crippen LogP contribution in [0.2, 0.25) is 5.02 Å². The van der Waals surface area contributed by atoms with E-state index in [0.29, 0.717) is 10.7 Å². The predicted molar refractivity (Wildman–Crippen MR) is 58.9 cm³/mol. The molecule has 0 spiro atoms. The lowest BCUT2D eigenvalue weighted by Crippen LogP contribution is -2.15. The highest BCUT2D eigenvalue weighted by atomic mass is 35.5. The van der Waals surface area contributed by atoms with Crippen LogP contribution in [0.5, 0.6) is 0 Å². The fourth-order valence-electron chi connectivity index (χ4n) is 0.876. The van der Waals surface area contributed by atoms with Gasteiger partial charge in [0.2, 0.25) is 10.0 Å². The zero-order valence-corrected chi connectivity index (χ0v) is 9.19. The number of hydrogen-bond acceptors (Lipinski definition) is 3. The standard InChI is InChI=1S/C8H11ClN2O2S/c1-2-14(12,13)11-8-6(9)4-3-5-7(8)10/h3-5,11H,2,10H2,1H3. The van der Waals surface area contributed by atoms with Crippen molar-refractivity contribution in [2.24, 2.45) is 0 Å². The minimum Gasteiger partial charge on any atom is -0.397 e. The number of nitrogens with one attached hydrogen (secondary N) is 1. The van der Waals surface area contributed by atoms with Crippen LogP contribution in [0, 0.1) is 0 Å². The van der Waals surface area contributed by atoms with E-state index in [4.69, 9.17) is 17.3 Å². The Morgan fingerprint density at radius 2 is 2.14 bits per heavy atom. The van der Waals surface area contributed by atoms with Gasteiger partial charge in [0.25, 0.3) is 0 Å². The maximum absolute atomic E-state index is 11.2. The fourth-order valence-corrected chi connectivity index (χ4v) is 1.84. The number of nitrogen functional groups attached to an aromatic ring is 1. The van der Waals surface area contributed by atoms with Crippen molar-refractivity contribution in [1.82, 2.24) is 0 Å². The second kappa shape index (κ2) is 4.06. The maximum atomic E-state index is 11.2. The van der Waals surface area contributed by atoms with E-state index in [2.05, 4.69) is 4.72 Å². The van der Waals surface area contributed by atoms with Crippen molar-refractivity contribution < 1.29 is 8.42 Å². The van der Waals surface area contributed by atoms with Crippen molar-refractivity contribution in [3.05, 3.63) is 23.2 Å². The van der Waals surface area contributed by atoms with Gasteiger partial charge in [-0.1, -0.05) is 17.7 Å². The molecule has 78 valence electrons. The summed E-state index contributed by atoms with van der Waals surface area (Å²) in [7, 11) is -3.33. The SMILES string of the molecule is CCS(=O)(=O)Nc1c(N)cccc1Cl. The van der Waals surface area contributed by atoms with Gasteiger partial charge in [-0.05, 0) is 19.1 Å². The number of rotatable bonds is 3. The van der Waals surface area contributed by atoms with Gasteiger partial charge in [-0.3, -0.25) is 4.72 Å². The van der Waals surface area contributed by atoms with Crippen LogP contribution in [0.3, 0.4) is 0 Å². The average Bonchev–Trinajstić information content (AvgIpc) is 2.12. The lowest BCUT2D eigenvalue weighted by Gasteiger charge is -2.10. The number of hydrogen-bond donors (Lipinski definition) is 2. The van der Waals surface area contributed by atoms with Crippen molar-refractivity contribution in [2.75, 3.05) is 16.2 Å². The number of para-hydroxylation sites is 1. The fraction of sp³-hybridized carbons (Fsp3) is 0.250. The van der Waals surface area contributed by atoms with Gasteiger partial charge in [0, 0.05) is 0 Å². The third-order valence-electron chi connectivity index (χ3n) is 1.68. The number of anilines is 2. The Balaban J connectivity index is 3.09. The molecule has 0 unspecified atom stereocenters. The van der Waals surface area contributed by atoms with Crippen LogP contribution < -0.4 is 10.5 Å². The Bertz CT molecular complexity index is 411. The molecule has 4 nitrogen and oxygen atoms in total. The van der Waals surface area contributed by atoms with Crippen LogP contribution in [0.25, 0.3) is 0 Å². The number of sulfonamides is 1. The molecule has 6 heteroatoms. The van der Waals surface area contributed by atoms with Crippen LogP contribution in [-0.4, -0.2) is 14.2 Å². The first-order chi connectivity index (χ1) is 6.46. The topological polar surface area (TPSA) is 72.2 Å². The van der Waals surface area contributed by atoms with Gasteiger partial charge in [0.1, 0.15) is 0 Å². The molecule has 0 aliphatic rings. The minimum absolute atomic E-state index is 0.0162. The lowest BCUT2D eigenvalue weighted by molar-refractivity contribution is 0.602. The van der Waals surface area contributed by atoms with E-state index in [-0.39, 0.29) is 11.4 Å². The average molecular weight is 235 g/mol. The number of benzene rings is 1. The number of nitrogens with two attached hydrogens (primary N) is 1. The van der Waals surface area contributed by atoms with Crippen molar-refractivity contribution >= 4 is 33.0 Å². The molecular weight excluding hydrogens is 224 g/mol. The smallest absolute Gasteiger partial charge is 0.232 e. The molecule has 3 N–H and O–H groups in total. The van der Waals surface area contributed by atoms with Crippen LogP contribution in [-0.2, 0) is 10.0 Å². The summed E-state index contributed by atoms with van der Waals surface area (Å²) in [5.74, 6) is -0.0162. The third-order valence-corrected chi connectivity index (χ3v) is 3.27. The van der Waals surface area contributed by atoms with E-state index in [1.165, 1.54) is 6.92 Å². The quantitative estimate of drug-likeness (QED) is 0.782. The van der Waals surface area contributed by atoms with Gasteiger partial charge in [0.15, 0.2) is 0 Å². The molecule has 1 rings (SSSR count). The molecule has 0 aromatic heterocycles. The summed E-state index contributed by atoms with van der Waals surface area (Å²) in [5, 5.41) is 0.294. The summed E-state index contributed by atoms with van der Waals surface area (Å²) in [6, 6.07) is 4.81. The third kappa shape index (κ3) is 2.52. The minimum atomic E-state index is -3.33. The largest absolute Gasteiger partial charge is 0.397 e. The second-order valence-corrected chi connectivity index (χ2v) is 5.13. The molecule has 0 aliphatic carbocycles. The molecule has 0 atom stereocenters. The molecule has 0 bridgehead atoms. The second-order valence-electron chi connectivity index (χ2n) is 2.71.